The van der Waals surface area contributed by atoms with Crippen molar-refractivity contribution in [1.82, 2.24) is 14.5 Å². The van der Waals surface area contributed by atoms with E-state index in [0.717, 1.165) is 11.0 Å². The Morgan fingerprint density at radius 2 is 2.10 bits per heavy atom. The molecule has 20 heavy (non-hydrogen) atoms. The van der Waals surface area contributed by atoms with Gasteiger partial charge in [0, 0.05) is 6.20 Å². The maximum atomic E-state index is 12.1. The van der Waals surface area contributed by atoms with Crippen LogP contribution in [-0.2, 0) is 11.3 Å². The molecule has 0 aliphatic carbocycles. The summed E-state index contributed by atoms with van der Waals surface area (Å²) in [4.78, 5) is 30.1. The molecule has 0 atom stereocenters. The normalized spacial score (nSPS) is 10.6. The number of carbonyl (C=O) groups is 1. The van der Waals surface area contributed by atoms with Gasteiger partial charge in [0.05, 0.1) is 17.6 Å². The summed E-state index contributed by atoms with van der Waals surface area (Å²) in [7, 11) is 0. The largest absolute Gasteiger partial charge is 0.340 e. The van der Waals surface area contributed by atoms with Gasteiger partial charge in [-0.15, -0.1) is 0 Å². The second-order valence-electron chi connectivity index (χ2n) is 4.32. The molecule has 2 N–H and O–H groups in total. The summed E-state index contributed by atoms with van der Waals surface area (Å²) in [5.41, 5.74) is 1.77. The Bertz CT molecular complexity index is 786. The molecule has 2 heterocycles. The van der Waals surface area contributed by atoms with Gasteiger partial charge >= 0.3 is 0 Å². The third-order valence-electron chi connectivity index (χ3n) is 2.99. The molecular formula is C14H12N4O2. The Morgan fingerprint density at radius 1 is 1.25 bits per heavy atom. The van der Waals surface area contributed by atoms with Crippen molar-refractivity contribution >= 4 is 23.1 Å². The van der Waals surface area contributed by atoms with Crippen LogP contribution >= 0.6 is 0 Å². The number of imidazole rings is 1. The first-order chi connectivity index (χ1) is 9.78. The zero-order chi connectivity index (χ0) is 13.9. The standard InChI is InChI=1S/C14H12N4O2/c19-9-15-12-6-3-7-18(14(12)20)8-13-16-10-4-1-2-5-11(10)17-13/h1-7,9H,8H2,(H,15,19)(H,16,17). The van der Waals surface area contributed by atoms with Crippen LogP contribution in [0.3, 0.4) is 0 Å². The van der Waals surface area contributed by atoms with E-state index in [1.54, 1.807) is 18.3 Å². The maximum Gasteiger partial charge on any atom is 0.274 e. The molecule has 1 amide bonds. The summed E-state index contributed by atoms with van der Waals surface area (Å²) in [5.74, 6) is 0.691. The minimum Gasteiger partial charge on any atom is -0.340 e. The van der Waals surface area contributed by atoms with Crippen LogP contribution in [0.2, 0.25) is 0 Å². The highest BCUT2D eigenvalue weighted by Crippen LogP contribution is 2.10. The maximum absolute atomic E-state index is 12.1. The van der Waals surface area contributed by atoms with Crippen LogP contribution in [0.1, 0.15) is 5.82 Å². The molecule has 3 aromatic rings. The number of hydrogen-bond donors (Lipinski definition) is 2. The third kappa shape index (κ3) is 2.18. The predicted molar refractivity (Wildman–Crippen MR) is 75.6 cm³/mol. The Labute approximate surface area is 114 Å². The van der Waals surface area contributed by atoms with Crippen LogP contribution in [0.25, 0.3) is 11.0 Å². The van der Waals surface area contributed by atoms with Crippen molar-refractivity contribution in [2.24, 2.45) is 0 Å². The monoisotopic (exact) mass is 268 g/mol. The number of aromatic nitrogens is 3. The van der Waals surface area contributed by atoms with Crippen LogP contribution in [0.4, 0.5) is 5.69 Å². The van der Waals surface area contributed by atoms with Crippen molar-refractivity contribution in [1.29, 1.82) is 0 Å². The molecule has 100 valence electrons. The molecule has 0 fully saturated rings. The lowest BCUT2D eigenvalue weighted by molar-refractivity contribution is -0.105. The van der Waals surface area contributed by atoms with Crippen molar-refractivity contribution in [2.45, 2.75) is 6.54 Å². The van der Waals surface area contributed by atoms with Gasteiger partial charge in [-0.2, -0.15) is 0 Å². The van der Waals surface area contributed by atoms with Gasteiger partial charge in [-0.1, -0.05) is 12.1 Å². The topological polar surface area (TPSA) is 79.8 Å². The second kappa shape index (κ2) is 5.00. The van der Waals surface area contributed by atoms with E-state index in [1.165, 1.54) is 4.57 Å². The molecule has 1 aromatic carbocycles. The van der Waals surface area contributed by atoms with Gasteiger partial charge in [-0.05, 0) is 24.3 Å². The fourth-order valence-corrected chi connectivity index (χ4v) is 2.08. The summed E-state index contributed by atoms with van der Waals surface area (Å²) in [6.07, 6.45) is 2.15. The number of fused-ring (bicyclic) bond motifs is 1. The Hall–Kier alpha value is -2.89. The summed E-state index contributed by atoms with van der Waals surface area (Å²) in [5, 5.41) is 2.38. The van der Waals surface area contributed by atoms with Gasteiger partial charge in [-0.3, -0.25) is 9.59 Å². The van der Waals surface area contributed by atoms with Gasteiger partial charge in [0.15, 0.2) is 0 Å². The minimum absolute atomic E-state index is 0.249. The van der Waals surface area contributed by atoms with Crippen molar-refractivity contribution < 1.29 is 4.79 Å². The smallest absolute Gasteiger partial charge is 0.274 e. The van der Waals surface area contributed by atoms with Crippen LogP contribution < -0.4 is 10.9 Å². The highest BCUT2D eigenvalue weighted by atomic mass is 16.1. The highest BCUT2D eigenvalue weighted by Gasteiger charge is 2.06. The van der Waals surface area contributed by atoms with Crippen molar-refractivity contribution in [3.8, 4) is 0 Å². The molecule has 6 heteroatoms. The van der Waals surface area contributed by atoms with Crippen LogP contribution in [0.15, 0.2) is 47.4 Å². The number of nitrogens with one attached hydrogen (secondary N) is 2. The number of rotatable bonds is 4. The number of anilines is 1. The van der Waals surface area contributed by atoms with Gasteiger partial charge < -0.3 is 14.9 Å². The molecule has 6 nitrogen and oxygen atoms in total. The molecule has 0 spiro atoms. The summed E-state index contributed by atoms with van der Waals surface area (Å²) < 4.78 is 1.49. The second-order valence-corrected chi connectivity index (χ2v) is 4.32. The first-order valence-electron chi connectivity index (χ1n) is 6.11. The average molecular weight is 268 g/mol. The summed E-state index contributed by atoms with van der Waals surface area (Å²) in [6, 6.07) is 10.9. The number of H-pyrrole nitrogens is 1. The fourth-order valence-electron chi connectivity index (χ4n) is 2.08. The van der Waals surface area contributed by atoms with E-state index < -0.39 is 0 Å². The lowest BCUT2D eigenvalue weighted by Gasteiger charge is -2.05. The number of hydrogen-bond acceptors (Lipinski definition) is 3. The Balaban J connectivity index is 1.96. The van der Waals surface area contributed by atoms with E-state index in [4.69, 9.17) is 0 Å². The van der Waals surface area contributed by atoms with E-state index in [0.29, 0.717) is 18.8 Å². The highest BCUT2D eigenvalue weighted by molar-refractivity contribution is 5.74. The van der Waals surface area contributed by atoms with Gasteiger partial charge in [0.25, 0.3) is 5.56 Å². The predicted octanol–water partition coefficient (Wildman–Crippen LogP) is 1.34. The number of pyridine rings is 1. The minimum atomic E-state index is -0.264. The molecule has 0 radical (unpaired) electrons. The SMILES string of the molecule is O=CNc1cccn(Cc2nc3ccccc3[nH]2)c1=O. The van der Waals surface area contributed by atoms with Crippen LogP contribution in [0.5, 0.6) is 0 Å². The number of amides is 1. The molecule has 3 rings (SSSR count). The molecule has 0 unspecified atom stereocenters. The van der Waals surface area contributed by atoms with E-state index >= 15 is 0 Å². The molecule has 0 aliphatic rings. The lowest BCUT2D eigenvalue weighted by atomic mass is 10.3. The quantitative estimate of drug-likeness (QED) is 0.701. The molecule has 0 saturated heterocycles. The molecule has 0 aliphatic heterocycles. The van der Waals surface area contributed by atoms with E-state index in [-0.39, 0.29) is 11.2 Å². The van der Waals surface area contributed by atoms with Crippen molar-refractivity contribution in [3.05, 3.63) is 58.8 Å². The summed E-state index contributed by atoms with van der Waals surface area (Å²) in [6.45, 7) is 0.321. The Kier molecular flexibility index (Phi) is 3.04. The van der Waals surface area contributed by atoms with Crippen LogP contribution in [-0.4, -0.2) is 20.9 Å². The average Bonchev–Trinajstić information content (AvgIpc) is 2.86. The fraction of sp³-hybridized carbons (Fsp3) is 0.0714. The zero-order valence-electron chi connectivity index (χ0n) is 10.5. The number of nitrogens with zero attached hydrogens (tertiary/aromatic N) is 2. The molecule has 2 aromatic heterocycles. The number of benzene rings is 1. The van der Waals surface area contributed by atoms with E-state index in [1.807, 2.05) is 24.3 Å². The number of aromatic amines is 1. The lowest BCUT2D eigenvalue weighted by Crippen LogP contribution is -2.23. The van der Waals surface area contributed by atoms with E-state index in [9.17, 15) is 9.59 Å². The molecular weight excluding hydrogens is 256 g/mol. The first-order valence-corrected chi connectivity index (χ1v) is 6.11. The van der Waals surface area contributed by atoms with Gasteiger partial charge in [0.1, 0.15) is 11.5 Å². The first kappa shape index (κ1) is 12.2. The van der Waals surface area contributed by atoms with Gasteiger partial charge in [-0.25, -0.2) is 4.98 Å². The number of para-hydroxylation sites is 2. The zero-order valence-corrected chi connectivity index (χ0v) is 10.5. The molecule has 0 bridgehead atoms. The summed E-state index contributed by atoms with van der Waals surface area (Å²) >= 11 is 0. The third-order valence-corrected chi connectivity index (χ3v) is 2.99. The van der Waals surface area contributed by atoms with Crippen molar-refractivity contribution in [3.63, 3.8) is 0 Å². The molecule has 0 saturated carbocycles. The van der Waals surface area contributed by atoms with Gasteiger partial charge in [0.2, 0.25) is 6.41 Å². The Morgan fingerprint density at radius 3 is 2.90 bits per heavy atom. The number of carbonyl (C=O) groups excluding carboxylic acids is 1. The van der Waals surface area contributed by atoms with Crippen LogP contribution in [0, 0.1) is 0 Å². The van der Waals surface area contributed by atoms with E-state index in [2.05, 4.69) is 15.3 Å². The van der Waals surface area contributed by atoms with Crippen molar-refractivity contribution in [2.75, 3.05) is 5.32 Å².